The first-order chi connectivity index (χ1) is 10.6. The summed E-state index contributed by atoms with van der Waals surface area (Å²) in [7, 11) is 2.29. The van der Waals surface area contributed by atoms with Crippen LogP contribution in [0.1, 0.15) is 5.56 Å². The molecule has 1 spiro atoms. The zero-order valence-corrected chi connectivity index (χ0v) is 12.4. The molecule has 2 bridgehead atoms. The molecule has 4 aliphatic rings. The number of fused-ring (bicyclic) bond motifs is 5. The van der Waals surface area contributed by atoms with E-state index in [1.165, 1.54) is 27.6 Å². The SMILES string of the molecule is C=C1c2ccc3c(oc4ccccc43)c2[N+]23C=C[N+](C)(C2)C13. The van der Waals surface area contributed by atoms with Crippen LogP contribution in [-0.2, 0) is 0 Å². The molecule has 3 heteroatoms. The Bertz CT molecular complexity index is 1060. The maximum atomic E-state index is 6.28. The highest BCUT2D eigenvalue weighted by Crippen LogP contribution is 2.61. The highest BCUT2D eigenvalue weighted by Gasteiger charge is 2.74. The third kappa shape index (κ3) is 0.926. The number of furan rings is 1. The molecular formula is C19H16N2O+2. The second-order valence-corrected chi connectivity index (χ2v) is 7.05. The van der Waals surface area contributed by atoms with Gasteiger partial charge in [-0.2, -0.15) is 8.97 Å². The van der Waals surface area contributed by atoms with Crippen molar-refractivity contribution in [1.82, 2.24) is 4.48 Å². The van der Waals surface area contributed by atoms with Gasteiger partial charge >= 0.3 is 0 Å². The molecule has 0 amide bonds. The Morgan fingerprint density at radius 3 is 2.82 bits per heavy atom. The molecule has 2 aromatic carbocycles. The largest absolute Gasteiger partial charge is 0.450 e. The fourth-order valence-electron chi connectivity index (χ4n) is 5.05. The van der Waals surface area contributed by atoms with Crippen LogP contribution in [0.5, 0.6) is 0 Å². The molecule has 3 atom stereocenters. The maximum absolute atomic E-state index is 6.28. The number of quaternary nitrogens is 2. The number of benzene rings is 2. The van der Waals surface area contributed by atoms with Crippen molar-refractivity contribution in [2.45, 2.75) is 6.17 Å². The van der Waals surface area contributed by atoms with Gasteiger partial charge in [-0.25, -0.2) is 0 Å². The summed E-state index contributed by atoms with van der Waals surface area (Å²) in [5, 5.41) is 2.42. The zero-order chi connectivity index (χ0) is 14.7. The van der Waals surface area contributed by atoms with E-state index in [4.69, 9.17) is 4.42 Å². The van der Waals surface area contributed by atoms with Gasteiger partial charge in [0.15, 0.2) is 23.7 Å². The summed E-state index contributed by atoms with van der Waals surface area (Å²) in [4.78, 5) is 0. The molecule has 1 fully saturated rings. The molecule has 7 rings (SSSR count). The topological polar surface area (TPSA) is 13.1 Å². The third-order valence-electron chi connectivity index (χ3n) is 5.80. The Labute approximate surface area is 128 Å². The van der Waals surface area contributed by atoms with Crippen molar-refractivity contribution in [1.29, 1.82) is 0 Å². The van der Waals surface area contributed by atoms with Gasteiger partial charge in [0.1, 0.15) is 5.58 Å². The monoisotopic (exact) mass is 288 g/mol. The van der Waals surface area contributed by atoms with Gasteiger partial charge in [0.05, 0.1) is 18.2 Å². The first kappa shape index (κ1) is 11.2. The first-order valence-corrected chi connectivity index (χ1v) is 7.71. The molecule has 5 heterocycles. The average Bonchev–Trinajstić information content (AvgIpc) is 3.17. The predicted molar refractivity (Wildman–Crippen MR) is 88.5 cm³/mol. The van der Waals surface area contributed by atoms with E-state index in [2.05, 4.69) is 56.4 Å². The summed E-state index contributed by atoms with van der Waals surface area (Å²) < 4.78 is 8.14. The van der Waals surface area contributed by atoms with E-state index in [-0.39, 0.29) is 0 Å². The van der Waals surface area contributed by atoms with E-state index in [1.807, 2.05) is 6.07 Å². The minimum atomic E-state index is 0.411. The third-order valence-corrected chi connectivity index (χ3v) is 5.80. The molecular weight excluding hydrogens is 272 g/mol. The Hall–Kier alpha value is -2.36. The van der Waals surface area contributed by atoms with Gasteiger partial charge in [0.25, 0.3) is 6.17 Å². The molecule has 3 unspecified atom stereocenters. The van der Waals surface area contributed by atoms with Gasteiger partial charge in [-0.1, -0.05) is 24.8 Å². The normalized spacial score (nSPS) is 34.2. The van der Waals surface area contributed by atoms with Gasteiger partial charge in [0.2, 0.25) is 6.67 Å². The van der Waals surface area contributed by atoms with Crippen molar-refractivity contribution in [3.63, 3.8) is 0 Å². The molecule has 1 saturated heterocycles. The van der Waals surface area contributed by atoms with E-state index >= 15 is 0 Å². The number of hydrogen-bond donors (Lipinski definition) is 0. The molecule has 0 aliphatic carbocycles. The van der Waals surface area contributed by atoms with Crippen molar-refractivity contribution in [3.05, 3.63) is 60.9 Å². The fraction of sp³-hybridized carbons (Fsp3) is 0.158. The number of nitrogens with zero attached hydrogens (tertiary/aromatic N) is 2. The maximum Gasteiger partial charge on any atom is 0.265 e. The highest BCUT2D eigenvalue weighted by molar-refractivity contribution is 6.12. The van der Waals surface area contributed by atoms with Gasteiger partial charge in [0, 0.05) is 10.8 Å². The molecule has 1 aromatic heterocycles. The summed E-state index contributed by atoms with van der Waals surface area (Å²) in [6, 6.07) is 12.7. The summed E-state index contributed by atoms with van der Waals surface area (Å²) in [6.45, 7) is 5.48. The smallest absolute Gasteiger partial charge is 0.265 e. The quantitative estimate of drug-likeness (QED) is 0.566. The summed E-state index contributed by atoms with van der Waals surface area (Å²) in [5.74, 6) is 0. The Kier molecular flexibility index (Phi) is 1.56. The first-order valence-electron chi connectivity index (χ1n) is 7.71. The Morgan fingerprint density at radius 1 is 1.09 bits per heavy atom. The zero-order valence-electron chi connectivity index (χ0n) is 12.4. The number of rotatable bonds is 0. The minimum Gasteiger partial charge on any atom is -0.450 e. The van der Waals surface area contributed by atoms with Crippen LogP contribution < -0.4 is 4.48 Å². The summed E-state index contributed by atoms with van der Waals surface area (Å²) in [5.41, 5.74) is 5.85. The molecule has 3 aromatic rings. The number of likely N-dealkylation sites (N-methyl/N-ethyl adjacent to an activating group) is 1. The molecule has 0 N–H and O–H groups in total. The summed E-state index contributed by atoms with van der Waals surface area (Å²) >= 11 is 0. The minimum absolute atomic E-state index is 0.411. The highest BCUT2D eigenvalue weighted by atomic mass is 16.3. The summed E-state index contributed by atoms with van der Waals surface area (Å²) in [6.07, 6.45) is 5.07. The van der Waals surface area contributed by atoms with Crippen LogP contribution in [0, 0.1) is 0 Å². The van der Waals surface area contributed by atoms with Gasteiger partial charge < -0.3 is 4.42 Å². The van der Waals surface area contributed by atoms with Crippen LogP contribution in [0.4, 0.5) is 5.69 Å². The molecule has 0 radical (unpaired) electrons. The van der Waals surface area contributed by atoms with Crippen molar-refractivity contribution < 1.29 is 8.90 Å². The second-order valence-electron chi connectivity index (χ2n) is 7.05. The fourth-order valence-corrected chi connectivity index (χ4v) is 5.05. The van der Waals surface area contributed by atoms with Crippen molar-refractivity contribution >= 4 is 33.2 Å². The molecule has 22 heavy (non-hydrogen) atoms. The lowest BCUT2D eigenvalue weighted by atomic mass is 10.0. The van der Waals surface area contributed by atoms with E-state index in [9.17, 15) is 0 Å². The van der Waals surface area contributed by atoms with Gasteiger partial charge in [-0.05, 0) is 18.2 Å². The van der Waals surface area contributed by atoms with E-state index in [1.54, 1.807) is 0 Å². The van der Waals surface area contributed by atoms with Crippen LogP contribution in [0.3, 0.4) is 0 Å². The molecule has 3 nitrogen and oxygen atoms in total. The van der Waals surface area contributed by atoms with Crippen LogP contribution >= 0.6 is 0 Å². The second kappa shape index (κ2) is 3.05. The molecule has 4 aliphatic heterocycles. The van der Waals surface area contributed by atoms with E-state index < -0.39 is 0 Å². The standard InChI is InChI=1S/C19H16N2O/c1-12-13-7-8-15-14-5-3-4-6-16(14)22-18(15)17(13)21-10-9-20(2,11-21)19(12)21/h3-10,19H,1,11H2,2H3/q+2. The number of hydrogen-bond acceptors (Lipinski definition) is 1. The van der Waals surface area contributed by atoms with Crippen LogP contribution in [0.2, 0.25) is 0 Å². The van der Waals surface area contributed by atoms with E-state index in [0.29, 0.717) is 6.17 Å². The van der Waals surface area contributed by atoms with Crippen molar-refractivity contribution in [2.24, 2.45) is 0 Å². The average molecular weight is 288 g/mol. The number of para-hydroxylation sites is 1. The predicted octanol–water partition coefficient (Wildman–Crippen LogP) is 4.15. The molecule has 0 saturated carbocycles. The Balaban J connectivity index is 1.80. The lowest BCUT2D eigenvalue weighted by Crippen LogP contribution is -2.75. The van der Waals surface area contributed by atoms with Crippen LogP contribution in [0.15, 0.2) is 59.8 Å². The Morgan fingerprint density at radius 2 is 1.95 bits per heavy atom. The van der Waals surface area contributed by atoms with Crippen molar-refractivity contribution in [3.8, 4) is 0 Å². The van der Waals surface area contributed by atoms with Crippen LogP contribution in [-0.4, -0.2) is 24.4 Å². The van der Waals surface area contributed by atoms with Crippen LogP contribution in [0.25, 0.3) is 27.5 Å². The van der Waals surface area contributed by atoms with E-state index in [0.717, 1.165) is 26.8 Å². The van der Waals surface area contributed by atoms with Gasteiger partial charge in [-0.15, -0.1) is 0 Å². The lowest BCUT2D eigenvalue weighted by molar-refractivity contribution is -0.932. The van der Waals surface area contributed by atoms with Crippen molar-refractivity contribution in [2.75, 3.05) is 13.7 Å². The van der Waals surface area contributed by atoms with Gasteiger partial charge in [-0.3, -0.25) is 0 Å². The lowest BCUT2D eigenvalue weighted by Gasteiger charge is -2.48. The molecule has 106 valence electrons.